The van der Waals surface area contributed by atoms with E-state index in [9.17, 15) is 0 Å². The molecule has 2 nitrogen and oxygen atoms in total. The van der Waals surface area contributed by atoms with Crippen LogP contribution in [0.4, 0.5) is 0 Å². The molecule has 0 atom stereocenters. The van der Waals surface area contributed by atoms with Gasteiger partial charge in [0.2, 0.25) is 0 Å². The average molecular weight is 931 g/mol. The molecule has 0 aliphatic heterocycles. The Bertz CT molecular complexity index is 414. The zero-order chi connectivity index (χ0) is 16.6. The van der Waals surface area contributed by atoms with E-state index in [0.717, 1.165) is 6.04 Å². The second-order valence-corrected chi connectivity index (χ2v) is 43.7. The monoisotopic (exact) mass is 931 g/mol. The van der Waals surface area contributed by atoms with Gasteiger partial charge in [-0.2, -0.15) is 0 Å². The summed E-state index contributed by atoms with van der Waals surface area (Å²) in [6.07, 6.45) is 24.3. The molecular formula is C20H36Bi3N2. The second kappa shape index (κ2) is 9.15. The molecule has 5 heteroatoms. The molecule has 5 fully saturated rings. The quantitative estimate of drug-likeness (QED) is 0.322. The van der Waals surface area contributed by atoms with Gasteiger partial charge in [0.15, 0.2) is 0 Å². The van der Waals surface area contributed by atoms with Crippen LogP contribution in [0.15, 0.2) is 0 Å². The molecule has 141 valence electrons. The predicted molar refractivity (Wildman–Crippen MR) is 110 cm³/mol. The van der Waals surface area contributed by atoms with E-state index in [-0.39, 0.29) is 0 Å². The van der Waals surface area contributed by atoms with Crippen LogP contribution in [0.3, 0.4) is 0 Å². The molecule has 25 heavy (non-hydrogen) atoms. The van der Waals surface area contributed by atoms with Gasteiger partial charge in [0.25, 0.3) is 0 Å². The Morgan fingerprint density at radius 2 is 1.04 bits per heavy atom. The zero-order valence-electron chi connectivity index (χ0n) is 15.8. The Morgan fingerprint density at radius 1 is 0.600 bits per heavy atom. The van der Waals surface area contributed by atoms with Gasteiger partial charge in [-0.1, -0.05) is 0 Å². The molecule has 0 amide bonds. The standard InChI is InChI=1S/C4H7N.4C4H7.3Bi.HN/c5-4-2-1-3-4;4*1-2-4-3-1;;;;/h4H,1-3H2;4*1H,2-4H2;;;;1H. The summed E-state index contributed by atoms with van der Waals surface area (Å²) >= 11 is -3.24. The fourth-order valence-corrected chi connectivity index (χ4v) is 75.7. The van der Waals surface area contributed by atoms with Gasteiger partial charge in [-0.3, -0.25) is 0 Å². The Hall–Kier alpha value is 2.57. The number of rotatable bonds is 9. The first-order valence-electron chi connectivity index (χ1n) is 11.2. The minimum absolute atomic E-state index is 0.532. The first-order chi connectivity index (χ1) is 12.4. The van der Waals surface area contributed by atoms with Crippen LogP contribution in [0.25, 0.3) is 0 Å². The van der Waals surface area contributed by atoms with Crippen molar-refractivity contribution in [2.75, 3.05) is 0 Å². The summed E-state index contributed by atoms with van der Waals surface area (Å²) in [4.78, 5) is 0. The molecule has 1 radical (unpaired) electrons. The van der Waals surface area contributed by atoms with E-state index in [0.29, 0.717) is 0 Å². The first-order valence-corrected chi connectivity index (χ1v) is 25.8. The molecule has 0 unspecified atom stereocenters. The van der Waals surface area contributed by atoms with Gasteiger partial charge >= 0.3 is 187 Å². The molecule has 0 aromatic heterocycles. The summed E-state index contributed by atoms with van der Waals surface area (Å²) in [7, 11) is 0. The van der Waals surface area contributed by atoms with Crippen LogP contribution in [0.5, 0.6) is 0 Å². The zero-order valence-corrected chi connectivity index (χ0v) is 26.2. The van der Waals surface area contributed by atoms with Crippen LogP contribution in [0.2, 0.25) is 14.5 Å². The van der Waals surface area contributed by atoms with Crippen molar-refractivity contribution in [1.29, 1.82) is 0 Å². The van der Waals surface area contributed by atoms with Crippen molar-refractivity contribution in [3.8, 4) is 0 Å². The van der Waals surface area contributed by atoms with Gasteiger partial charge in [0, 0.05) is 0 Å². The van der Waals surface area contributed by atoms with E-state index in [1.54, 1.807) is 96.3 Å². The number of nitrogens with one attached hydrogen (secondary N) is 1. The van der Waals surface area contributed by atoms with Crippen molar-refractivity contribution in [1.82, 2.24) is 1.99 Å². The maximum atomic E-state index is 4.62. The number of nitrogens with zero attached hydrogens (tertiary/aromatic N) is 1. The Morgan fingerprint density at radius 3 is 1.36 bits per heavy atom. The SMILES string of the molecule is C1CC([N]([Bi][NH][Bi]([CH]2CCC2)[CH]2CCC2)[Bi]([CH]2CCC2)[CH]2CCC2)C1. The molecule has 5 aliphatic rings. The van der Waals surface area contributed by atoms with Gasteiger partial charge in [0.05, 0.1) is 0 Å². The summed E-state index contributed by atoms with van der Waals surface area (Å²) in [6.45, 7) is 0. The van der Waals surface area contributed by atoms with Gasteiger partial charge in [-0.05, 0) is 0 Å². The van der Waals surface area contributed by atoms with E-state index in [1.165, 1.54) is 14.5 Å². The molecule has 5 aliphatic carbocycles. The second-order valence-electron chi connectivity index (χ2n) is 9.23. The van der Waals surface area contributed by atoms with E-state index < -0.39 is 67.9 Å². The van der Waals surface area contributed by atoms with E-state index in [1.807, 2.05) is 0 Å². The molecule has 1 N–H and O–H groups in total. The van der Waals surface area contributed by atoms with Crippen LogP contribution < -0.4 is 1.20 Å². The molecule has 0 bridgehead atoms. The average Bonchev–Trinajstić information content (AvgIpc) is 2.31. The van der Waals surface area contributed by atoms with Crippen molar-refractivity contribution in [3.63, 3.8) is 0 Å². The third-order valence-electron chi connectivity index (χ3n) is 7.73. The first kappa shape index (κ1) is 19.5. The molecule has 5 rings (SSSR count). The molecule has 5 saturated carbocycles. The van der Waals surface area contributed by atoms with Gasteiger partial charge < -0.3 is 0 Å². The molecular weight excluding hydrogens is 895 g/mol. The van der Waals surface area contributed by atoms with Gasteiger partial charge in [0.1, 0.15) is 0 Å². The summed E-state index contributed by atoms with van der Waals surface area (Å²) in [5, 5.41) is 0. The van der Waals surface area contributed by atoms with Crippen LogP contribution in [0.1, 0.15) is 96.3 Å². The Kier molecular flexibility index (Phi) is 7.15. The van der Waals surface area contributed by atoms with Crippen molar-refractivity contribution < 1.29 is 0 Å². The van der Waals surface area contributed by atoms with Crippen LogP contribution in [-0.4, -0.2) is 74.7 Å². The maximum absolute atomic E-state index is 4.62. The van der Waals surface area contributed by atoms with Gasteiger partial charge in [-0.25, -0.2) is 0 Å². The number of hydrogen-bond donors (Lipinski definition) is 1. The summed E-state index contributed by atoms with van der Waals surface area (Å²) in [6, 6.07) is 1.12. The fraction of sp³-hybridized carbons (Fsp3) is 1.00. The molecule has 0 aromatic rings. The summed E-state index contributed by atoms with van der Waals surface area (Å²) in [5.41, 5.74) is 0. The molecule has 0 spiro atoms. The van der Waals surface area contributed by atoms with Crippen LogP contribution in [0, 0.1) is 0 Å². The molecule has 0 saturated heterocycles. The topological polar surface area (TPSA) is 15.3 Å². The fourth-order valence-electron chi connectivity index (χ4n) is 4.76. The van der Waals surface area contributed by atoms with Gasteiger partial charge in [-0.15, -0.1) is 0 Å². The van der Waals surface area contributed by atoms with Crippen molar-refractivity contribution in [2.45, 2.75) is 117 Å². The Balaban J connectivity index is 1.26. The summed E-state index contributed by atoms with van der Waals surface area (Å²) < 4.78 is 13.3. The van der Waals surface area contributed by atoms with E-state index in [4.69, 9.17) is 0 Å². The third-order valence-corrected chi connectivity index (χ3v) is 55.1. The van der Waals surface area contributed by atoms with Crippen molar-refractivity contribution in [2.24, 2.45) is 0 Å². The van der Waals surface area contributed by atoms with E-state index in [2.05, 4.69) is 1.99 Å². The summed E-state index contributed by atoms with van der Waals surface area (Å²) in [5.74, 6) is 0. The van der Waals surface area contributed by atoms with Crippen LogP contribution in [-0.2, 0) is 0 Å². The minimum atomic E-state index is -1.38. The Labute approximate surface area is 184 Å². The number of hydrogen-bond acceptors (Lipinski definition) is 2. The van der Waals surface area contributed by atoms with Crippen molar-refractivity contribution in [3.05, 3.63) is 0 Å². The predicted octanol–water partition coefficient (Wildman–Crippen LogP) is 5.16. The van der Waals surface area contributed by atoms with E-state index >= 15 is 0 Å². The van der Waals surface area contributed by atoms with Crippen molar-refractivity contribution >= 4 is 67.9 Å². The molecule has 0 heterocycles. The normalized spacial score (nSPS) is 29.4. The third kappa shape index (κ3) is 4.23. The van der Waals surface area contributed by atoms with Crippen LogP contribution >= 0.6 is 0 Å². The molecule has 0 aromatic carbocycles.